The van der Waals surface area contributed by atoms with Gasteiger partial charge in [0, 0.05) is 0 Å². The minimum absolute atomic E-state index is 0.0914. The predicted molar refractivity (Wildman–Crippen MR) is 30.8 cm³/mol. The third-order valence-electron chi connectivity index (χ3n) is 1.11. The van der Waals surface area contributed by atoms with Crippen LogP contribution < -0.4 is 0 Å². The highest BCUT2D eigenvalue weighted by atomic mass is 16.7. The van der Waals surface area contributed by atoms with E-state index in [9.17, 15) is 4.79 Å². The number of cyclic esters (lactones) is 2. The van der Waals surface area contributed by atoms with Crippen LogP contribution in [0.25, 0.3) is 0 Å². The molecule has 50 valence electrons. The molecule has 0 fully saturated rings. The van der Waals surface area contributed by atoms with E-state index < -0.39 is 6.16 Å². The van der Waals surface area contributed by atoms with Gasteiger partial charge >= 0.3 is 6.16 Å². The van der Waals surface area contributed by atoms with Crippen molar-refractivity contribution in [3.63, 3.8) is 0 Å². The van der Waals surface area contributed by atoms with Crippen LogP contribution >= 0.6 is 0 Å². The fourth-order valence-corrected chi connectivity index (χ4v) is 0.593. The highest BCUT2D eigenvalue weighted by molar-refractivity contribution is 5.62. The molecule has 3 nitrogen and oxygen atoms in total. The van der Waals surface area contributed by atoms with E-state index in [0.29, 0.717) is 0 Å². The van der Waals surface area contributed by atoms with Crippen LogP contribution in [-0.2, 0) is 9.47 Å². The average molecular weight is 128 g/mol. The van der Waals surface area contributed by atoms with E-state index in [1.54, 1.807) is 6.08 Å². The summed E-state index contributed by atoms with van der Waals surface area (Å²) in [5.74, 6) is 0. The minimum atomic E-state index is -0.607. The van der Waals surface area contributed by atoms with Crippen molar-refractivity contribution in [2.45, 2.75) is 19.4 Å². The molecule has 0 bridgehead atoms. The van der Waals surface area contributed by atoms with Gasteiger partial charge in [-0.2, -0.15) is 0 Å². The van der Waals surface area contributed by atoms with Crippen LogP contribution in [0, 0.1) is 0 Å². The lowest BCUT2D eigenvalue weighted by Crippen LogP contribution is -2.18. The summed E-state index contributed by atoms with van der Waals surface area (Å²) in [5.41, 5.74) is 0. The van der Waals surface area contributed by atoms with Crippen molar-refractivity contribution in [3.05, 3.63) is 12.3 Å². The van der Waals surface area contributed by atoms with Gasteiger partial charge in [-0.05, 0) is 12.5 Å². The third kappa shape index (κ3) is 1.45. The summed E-state index contributed by atoms with van der Waals surface area (Å²) in [5, 5.41) is 0. The molecule has 1 atom stereocenters. The Balaban J connectivity index is 2.49. The smallest absolute Gasteiger partial charge is 0.426 e. The van der Waals surface area contributed by atoms with Crippen molar-refractivity contribution in [1.29, 1.82) is 0 Å². The van der Waals surface area contributed by atoms with E-state index in [-0.39, 0.29) is 6.10 Å². The largest absolute Gasteiger partial charge is 0.513 e. The summed E-state index contributed by atoms with van der Waals surface area (Å²) >= 11 is 0. The number of hydrogen-bond acceptors (Lipinski definition) is 3. The summed E-state index contributed by atoms with van der Waals surface area (Å²) in [6.07, 6.45) is 3.17. The van der Waals surface area contributed by atoms with Crippen molar-refractivity contribution < 1.29 is 14.3 Å². The van der Waals surface area contributed by atoms with Gasteiger partial charge in [-0.3, -0.25) is 0 Å². The molecule has 0 saturated carbocycles. The Hall–Kier alpha value is -0.990. The standard InChI is InChI=1S/C6H8O3/c1-2-5-3-4-8-6(7)9-5/h3-5H,2H2,1H3. The zero-order valence-electron chi connectivity index (χ0n) is 5.16. The Kier molecular flexibility index (Phi) is 1.72. The molecule has 0 saturated heterocycles. The molecule has 1 heterocycles. The molecule has 0 radical (unpaired) electrons. The topological polar surface area (TPSA) is 35.5 Å². The monoisotopic (exact) mass is 128 g/mol. The van der Waals surface area contributed by atoms with Gasteiger partial charge in [-0.25, -0.2) is 4.79 Å². The molecule has 1 rings (SSSR count). The molecular weight excluding hydrogens is 120 g/mol. The van der Waals surface area contributed by atoms with Crippen LogP contribution in [0.15, 0.2) is 12.3 Å². The van der Waals surface area contributed by atoms with Gasteiger partial charge in [0.2, 0.25) is 0 Å². The first-order valence-electron chi connectivity index (χ1n) is 2.87. The summed E-state index contributed by atoms with van der Waals surface area (Å²) in [6.45, 7) is 1.94. The number of hydrogen-bond donors (Lipinski definition) is 0. The molecule has 3 heteroatoms. The van der Waals surface area contributed by atoms with Crippen LogP contribution in [0.4, 0.5) is 4.79 Å². The second-order valence-corrected chi connectivity index (χ2v) is 1.76. The van der Waals surface area contributed by atoms with E-state index in [1.807, 2.05) is 6.92 Å². The molecular formula is C6H8O3. The molecule has 0 aliphatic carbocycles. The molecule has 0 amide bonds. The van der Waals surface area contributed by atoms with Crippen LogP contribution in [0.3, 0.4) is 0 Å². The van der Waals surface area contributed by atoms with E-state index in [0.717, 1.165) is 6.42 Å². The number of rotatable bonds is 1. The number of carbonyl (C=O) groups excluding carboxylic acids is 1. The molecule has 1 aliphatic rings. The zero-order chi connectivity index (χ0) is 6.69. The maximum atomic E-state index is 10.3. The lowest BCUT2D eigenvalue weighted by Gasteiger charge is -2.13. The normalized spacial score (nSPS) is 25.0. The van der Waals surface area contributed by atoms with Gasteiger partial charge in [0.1, 0.15) is 6.10 Å². The predicted octanol–water partition coefficient (Wildman–Crippen LogP) is 1.45. The molecule has 9 heavy (non-hydrogen) atoms. The minimum Gasteiger partial charge on any atom is -0.426 e. The Morgan fingerprint density at radius 2 is 2.56 bits per heavy atom. The third-order valence-corrected chi connectivity index (χ3v) is 1.11. The first-order chi connectivity index (χ1) is 4.33. The molecule has 0 spiro atoms. The van der Waals surface area contributed by atoms with Crippen molar-refractivity contribution in [2.24, 2.45) is 0 Å². The summed E-state index contributed by atoms with van der Waals surface area (Å²) in [6, 6.07) is 0. The van der Waals surface area contributed by atoms with Gasteiger partial charge in [0.25, 0.3) is 0 Å². The average Bonchev–Trinajstić information content (AvgIpc) is 1.88. The van der Waals surface area contributed by atoms with Crippen molar-refractivity contribution in [1.82, 2.24) is 0 Å². The second-order valence-electron chi connectivity index (χ2n) is 1.76. The van der Waals surface area contributed by atoms with E-state index in [4.69, 9.17) is 0 Å². The van der Waals surface area contributed by atoms with Crippen LogP contribution in [-0.4, -0.2) is 12.3 Å². The second kappa shape index (κ2) is 2.53. The number of ether oxygens (including phenoxy) is 2. The molecule has 1 unspecified atom stereocenters. The van der Waals surface area contributed by atoms with E-state index in [1.165, 1.54) is 6.26 Å². The highest BCUT2D eigenvalue weighted by Crippen LogP contribution is 2.06. The van der Waals surface area contributed by atoms with Crippen molar-refractivity contribution >= 4 is 6.16 Å². The van der Waals surface area contributed by atoms with Gasteiger partial charge in [0.15, 0.2) is 0 Å². The summed E-state index contributed by atoms with van der Waals surface area (Å²) in [7, 11) is 0. The lowest BCUT2D eigenvalue weighted by molar-refractivity contribution is 0.0481. The molecule has 1 aliphatic heterocycles. The Bertz CT molecular complexity index is 139. The SMILES string of the molecule is CCC1C=COC(=O)O1. The summed E-state index contributed by atoms with van der Waals surface area (Å²) in [4.78, 5) is 10.3. The first kappa shape index (κ1) is 6.13. The fourth-order valence-electron chi connectivity index (χ4n) is 0.593. The molecule has 0 N–H and O–H groups in total. The molecule has 0 aromatic heterocycles. The Morgan fingerprint density at radius 1 is 1.78 bits per heavy atom. The quantitative estimate of drug-likeness (QED) is 0.501. The Labute approximate surface area is 53.3 Å². The van der Waals surface area contributed by atoms with Crippen LogP contribution in [0.5, 0.6) is 0 Å². The zero-order valence-corrected chi connectivity index (χ0v) is 5.16. The van der Waals surface area contributed by atoms with Gasteiger partial charge in [-0.1, -0.05) is 6.92 Å². The van der Waals surface area contributed by atoms with Gasteiger partial charge in [0.05, 0.1) is 6.26 Å². The number of carbonyl (C=O) groups is 1. The van der Waals surface area contributed by atoms with Gasteiger partial charge in [-0.15, -0.1) is 0 Å². The van der Waals surface area contributed by atoms with E-state index in [2.05, 4.69) is 9.47 Å². The van der Waals surface area contributed by atoms with Crippen LogP contribution in [0.1, 0.15) is 13.3 Å². The highest BCUT2D eigenvalue weighted by Gasteiger charge is 2.13. The van der Waals surface area contributed by atoms with E-state index >= 15 is 0 Å². The summed E-state index contributed by atoms with van der Waals surface area (Å²) < 4.78 is 9.06. The van der Waals surface area contributed by atoms with Crippen molar-refractivity contribution in [2.75, 3.05) is 0 Å². The maximum Gasteiger partial charge on any atom is 0.513 e. The first-order valence-corrected chi connectivity index (χ1v) is 2.87. The Morgan fingerprint density at radius 3 is 3.00 bits per heavy atom. The fraction of sp³-hybridized carbons (Fsp3) is 0.500. The van der Waals surface area contributed by atoms with Crippen molar-refractivity contribution in [3.8, 4) is 0 Å². The molecule has 0 aromatic carbocycles. The maximum absolute atomic E-state index is 10.3. The van der Waals surface area contributed by atoms with Gasteiger partial charge < -0.3 is 9.47 Å². The lowest BCUT2D eigenvalue weighted by atomic mass is 10.3. The van der Waals surface area contributed by atoms with Crippen LogP contribution in [0.2, 0.25) is 0 Å². The molecule has 0 aromatic rings.